The van der Waals surface area contributed by atoms with Crippen molar-refractivity contribution in [2.75, 3.05) is 6.54 Å². The lowest BCUT2D eigenvalue weighted by molar-refractivity contribution is -0.132. The van der Waals surface area contributed by atoms with Crippen LogP contribution >= 0.6 is 0 Å². The molecule has 1 fully saturated rings. The molecule has 1 aliphatic rings. The molecule has 0 saturated carbocycles. The molecule has 0 bridgehead atoms. The van der Waals surface area contributed by atoms with Gasteiger partial charge in [0.25, 0.3) is 5.91 Å². The van der Waals surface area contributed by atoms with Crippen molar-refractivity contribution in [2.24, 2.45) is 5.92 Å². The molecule has 32 heavy (non-hydrogen) atoms. The van der Waals surface area contributed by atoms with Crippen molar-refractivity contribution >= 4 is 28.7 Å². The summed E-state index contributed by atoms with van der Waals surface area (Å²) in [6.45, 7) is 3.48. The zero-order valence-electron chi connectivity index (χ0n) is 17.9. The van der Waals surface area contributed by atoms with Crippen LogP contribution < -0.4 is 10.6 Å². The number of para-hydroxylation sites is 1. The van der Waals surface area contributed by atoms with Crippen LogP contribution in [0.2, 0.25) is 0 Å². The number of H-pyrrole nitrogens is 1. The molecule has 0 radical (unpaired) electrons. The van der Waals surface area contributed by atoms with E-state index in [1.807, 2.05) is 44.3 Å². The monoisotopic (exact) mass is 436 g/mol. The lowest BCUT2D eigenvalue weighted by Crippen LogP contribution is -2.43. The minimum Gasteiger partial charge on any atom is -0.361 e. The van der Waals surface area contributed by atoms with E-state index < -0.39 is 23.9 Å². The summed E-state index contributed by atoms with van der Waals surface area (Å²) >= 11 is 0. The molecule has 4 amide bonds. The molecule has 3 aromatic rings. The number of rotatable bonds is 7. The fraction of sp³-hybridized carbons (Fsp3) is 0.292. The van der Waals surface area contributed by atoms with Crippen LogP contribution in [0.15, 0.2) is 54.7 Å². The number of amides is 4. The Kier molecular flexibility index (Phi) is 5.94. The van der Waals surface area contributed by atoms with E-state index >= 15 is 0 Å². The van der Waals surface area contributed by atoms with Gasteiger partial charge >= 0.3 is 6.03 Å². The fourth-order valence-corrected chi connectivity index (χ4v) is 4.05. The standard InChI is InChI=1S/C24H25FN4O3/c1-14(2)22(15-7-9-17(25)10-8-15)28-21(30)13-29-23(31)20(27-24(29)32)11-16-12-26-19-6-4-3-5-18(16)19/h3-10,12,14,20,22,26H,11,13H2,1-2H3,(H,27,32)(H,28,30)/t20-,22+/m0/s1. The molecular weight excluding hydrogens is 411 g/mol. The molecular formula is C24H25FN4O3. The maximum Gasteiger partial charge on any atom is 0.325 e. The van der Waals surface area contributed by atoms with Crippen molar-refractivity contribution in [1.82, 2.24) is 20.5 Å². The van der Waals surface area contributed by atoms with Gasteiger partial charge in [-0.15, -0.1) is 0 Å². The van der Waals surface area contributed by atoms with Crippen LogP contribution in [0, 0.1) is 11.7 Å². The number of hydrogen-bond acceptors (Lipinski definition) is 3. The van der Waals surface area contributed by atoms with Gasteiger partial charge in [-0.2, -0.15) is 0 Å². The van der Waals surface area contributed by atoms with Gasteiger partial charge in [0.05, 0.1) is 6.04 Å². The largest absolute Gasteiger partial charge is 0.361 e. The smallest absolute Gasteiger partial charge is 0.325 e. The SMILES string of the molecule is CC(C)[C@@H](NC(=O)CN1C(=O)N[C@@H](Cc2c[nH]c3ccccc23)C1=O)c1ccc(F)cc1. The number of halogens is 1. The number of urea groups is 1. The van der Waals surface area contributed by atoms with Gasteiger partial charge in [-0.1, -0.05) is 44.2 Å². The zero-order valence-corrected chi connectivity index (χ0v) is 17.9. The number of nitrogens with one attached hydrogen (secondary N) is 3. The van der Waals surface area contributed by atoms with E-state index in [0.29, 0.717) is 6.42 Å². The third-order valence-corrected chi connectivity index (χ3v) is 5.72. The second-order valence-corrected chi connectivity index (χ2v) is 8.33. The Morgan fingerprint density at radius 2 is 1.84 bits per heavy atom. The highest BCUT2D eigenvalue weighted by atomic mass is 19.1. The van der Waals surface area contributed by atoms with Crippen molar-refractivity contribution in [3.63, 3.8) is 0 Å². The highest BCUT2D eigenvalue weighted by Crippen LogP contribution is 2.23. The Morgan fingerprint density at radius 1 is 1.12 bits per heavy atom. The fourth-order valence-electron chi connectivity index (χ4n) is 4.05. The van der Waals surface area contributed by atoms with E-state index in [0.717, 1.165) is 26.9 Å². The number of nitrogens with zero attached hydrogens (tertiary/aromatic N) is 1. The van der Waals surface area contributed by atoms with Crippen LogP contribution in [0.4, 0.5) is 9.18 Å². The first kappa shape index (κ1) is 21.5. The molecule has 1 aliphatic heterocycles. The second-order valence-electron chi connectivity index (χ2n) is 8.33. The molecule has 2 heterocycles. The number of carbonyl (C=O) groups is 3. The van der Waals surface area contributed by atoms with Crippen LogP contribution in [0.3, 0.4) is 0 Å². The summed E-state index contributed by atoms with van der Waals surface area (Å²) in [5.74, 6) is -1.21. The van der Waals surface area contributed by atoms with E-state index in [9.17, 15) is 18.8 Å². The molecule has 8 heteroatoms. The molecule has 0 spiro atoms. The van der Waals surface area contributed by atoms with Crippen LogP contribution in [0.5, 0.6) is 0 Å². The molecule has 166 valence electrons. The van der Waals surface area contributed by atoms with E-state index in [-0.39, 0.29) is 24.3 Å². The highest BCUT2D eigenvalue weighted by Gasteiger charge is 2.39. The zero-order chi connectivity index (χ0) is 22.8. The molecule has 1 saturated heterocycles. The predicted molar refractivity (Wildman–Crippen MR) is 118 cm³/mol. The molecule has 3 N–H and O–H groups in total. The second kappa shape index (κ2) is 8.82. The number of aromatic nitrogens is 1. The van der Waals surface area contributed by atoms with Gasteiger partial charge in [0, 0.05) is 23.5 Å². The lowest BCUT2D eigenvalue weighted by Gasteiger charge is -2.24. The number of aromatic amines is 1. The van der Waals surface area contributed by atoms with Crippen LogP contribution in [0.1, 0.15) is 31.0 Å². The Bertz CT molecular complexity index is 1160. The maximum atomic E-state index is 13.3. The Balaban J connectivity index is 1.42. The van der Waals surface area contributed by atoms with Crippen molar-refractivity contribution in [1.29, 1.82) is 0 Å². The quantitative estimate of drug-likeness (QED) is 0.496. The number of carbonyl (C=O) groups excluding carboxylic acids is 3. The van der Waals surface area contributed by atoms with Gasteiger partial charge in [0.15, 0.2) is 0 Å². The summed E-state index contributed by atoms with van der Waals surface area (Å²) in [4.78, 5) is 42.0. The maximum absolute atomic E-state index is 13.3. The van der Waals surface area contributed by atoms with E-state index in [2.05, 4.69) is 15.6 Å². The van der Waals surface area contributed by atoms with Gasteiger partial charge in [-0.25, -0.2) is 9.18 Å². The van der Waals surface area contributed by atoms with Crippen LogP contribution in [-0.2, 0) is 16.0 Å². The average Bonchev–Trinajstić information content (AvgIpc) is 3.29. The highest BCUT2D eigenvalue weighted by molar-refractivity contribution is 6.06. The van der Waals surface area contributed by atoms with Crippen molar-refractivity contribution < 1.29 is 18.8 Å². The molecule has 0 aliphatic carbocycles. The summed E-state index contributed by atoms with van der Waals surface area (Å²) in [5.41, 5.74) is 2.63. The number of hydrogen-bond donors (Lipinski definition) is 3. The first-order valence-electron chi connectivity index (χ1n) is 10.5. The number of fused-ring (bicyclic) bond motifs is 1. The van der Waals surface area contributed by atoms with Gasteiger partial charge in [0.1, 0.15) is 18.4 Å². The molecule has 1 aromatic heterocycles. The predicted octanol–water partition coefficient (Wildman–Crippen LogP) is 3.28. The molecule has 7 nitrogen and oxygen atoms in total. The summed E-state index contributed by atoms with van der Waals surface area (Å²) in [6.07, 6.45) is 2.16. The number of benzene rings is 2. The molecule has 2 atom stereocenters. The third-order valence-electron chi connectivity index (χ3n) is 5.72. The normalized spacial score (nSPS) is 17.1. The van der Waals surface area contributed by atoms with Crippen molar-refractivity contribution in [3.05, 3.63) is 71.7 Å². The number of imide groups is 1. The summed E-state index contributed by atoms with van der Waals surface area (Å²) in [6, 6.07) is 11.9. The van der Waals surface area contributed by atoms with Crippen molar-refractivity contribution in [3.8, 4) is 0 Å². The van der Waals surface area contributed by atoms with E-state index in [1.165, 1.54) is 12.1 Å². The summed E-state index contributed by atoms with van der Waals surface area (Å²) in [5, 5.41) is 6.53. The van der Waals surface area contributed by atoms with Gasteiger partial charge < -0.3 is 15.6 Å². The van der Waals surface area contributed by atoms with Gasteiger partial charge in [-0.3, -0.25) is 14.5 Å². The molecule has 0 unspecified atom stereocenters. The van der Waals surface area contributed by atoms with Gasteiger partial charge in [0.2, 0.25) is 5.91 Å². The summed E-state index contributed by atoms with van der Waals surface area (Å²) in [7, 11) is 0. The van der Waals surface area contributed by atoms with Crippen molar-refractivity contribution in [2.45, 2.75) is 32.4 Å². The first-order chi connectivity index (χ1) is 15.3. The minimum atomic E-state index is -0.729. The topological polar surface area (TPSA) is 94.3 Å². The average molecular weight is 436 g/mol. The summed E-state index contributed by atoms with van der Waals surface area (Å²) < 4.78 is 13.3. The molecule has 2 aromatic carbocycles. The van der Waals surface area contributed by atoms with E-state index in [1.54, 1.807) is 12.1 Å². The van der Waals surface area contributed by atoms with Crippen LogP contribution in [0.25, 0.3) is 10.9 Å². The molecule has 4 rings (SSSR count). The Labute approximate surface area is 185 Å². The lowest BCUT2D eigenvalue weighted by atomic mass is 9.96. The Morgan fingerprint density at radius 3 is 2.56 bits per heavy atom. The minimum absolute atomic E-state index is 0.0298. The third kappa shape index (κ3) is 4.34. The Hall–Kier alpha value is -3.68. The first-order valence-corrected chi connectivity index (χ1v) is 10.5. The van der Waals surface area contributed by atoms with Gasteiger partial charge in [-0.05, 0) is 35.2 Å². The van der Waals surface area contributed by atoms with Crippen LogP contribution in [-0.4, -0.2) is 40.3 Å². The van der Waals surface area contributed by atoms with E-state index in [4.69, 9.17) is 0 Å².